The van der Waals surface area contributed by atoms with Crippen LogP contribution in [0.4, 0.5) is 5.69 Å². The lowest BCUT2D eigenvalue weighted by molar-refractivity contribution is -0.140. The largest absolute Gasteiger partial charge is 0.507 e. The molecule has 2 aromatic rings. The summed E-state index contributed by atoms with van der Waals surface area (Å²) < 4.78 is 5.13. The second-order valence-corrected chi connectivity index (χ2v) is 6.98. The Balaban J connectivity index is 2.09. The van der Waals surface area contributed by atoms with Crippen LogP contribution in [0.15, 0.2) is 54.4 Å². The summed E-state index contributed by atoms with van der Waals surface area (Å²) in [6.07, 6.45) is 3.06. The van der Waals surface area contributed by atoms with Crippen LogP contribution in [0.1, 0.15) is 31.0 Å². The highest BCUT2D eigenvalue weighted by molar-refractivity contribution is 6.46. The Bertz CT molecular complexity index is 921. The molecule has 7 heteroatoms. The Labute approximate surface area is 176 Å². The van der Waals surface area contributed by atoms with E-state index in [4.69, 9.17) is 4.74 Å². The lowest BCUT2D eigenvalue weighted by Crippen LogP contribution is -2.32. The smallest absolute Gasteiger partial charge is 0.295 e. The number of hydrogen-bond donors (Lipinski definition) is 1. The standard InChI is InChI=1S/C23H27N3O4/c1-4-25(5-2)18-8-6-16(7-9-18)20-19(21(27)17-10-12-24-13-11-17)22(28)23(29)26(20)14-15-30-3/h6-13,20,27H,4-5,14-15H2,1-3H3/b21-19-. The van der Waals surface area contributed by atoms with Crippen molar-refractivity contribution in [3.63, 3.8) is 0 Å². The fourth-order valence-corrected chi connectivity index (χ4v) is 3.77. The second-order valence-electron chi connectivity index (χ2n) is 6.98. The Morgan fingerprint density at radius 3 is 2.30 bits per heavy atom. The zero-order valence-electron chi connectivity index (χ0n) is 17.5. The lowest BCUT2D eigenvalue weighted by Gasteiger charge is -2.26. The zero-order valence-corrected chi connectivity index (χ0v) is 17.5. The van der Waals surface area contributed by atoms with E-state index in [1.807, 2.05) is 24.3 Å². The summed E-state index contributed by atoms with van der Waals surface area (Å²) in [5.41, 5.74) is 2.35. The van der Waals surface area contributed by atoms with Crippen molar-refractivity contribution < 1.29 is 19.4 Å². The SMILES string of the molecule is CCN(CC)c1ccc(C2/C(=C(/O)c3ccncc3)C(=O)C(=O)N2CCOC)cc1. The lowest BCUT2D eigenvalue weighted by atomic mass is 9.95. The predicted molar refractivity (Wildman–Crippen MR) is 115 cm³/mol. The third kappa shape index (κ3) is 4.07. The number of aromatic nitrogens is 1. The van der Waals surface area contributed by atoms with Crippen molar-refractivity contribution in [3.8, 4) is 0 Å². The summed E-state index contributed by atoms with van der Waals surface area (Å²) in [6, 6.07) is 10.3. The molecule has 158 valence electrons. The van der Waals surface area contributed by atoms with Crippen molar-refractivity contribution in [2.75, 3.05) is 38.3 Å². The molecule has 1 amide bonds. The van der Waals surface area contributed by atoms with Crippen LogP contribution in [-0.2, 0) is 14.3 Å². The fraction of sp³-hybridized carbons (Fsp3) is 0.348. The number of ether oxygens (including phenoxy) is 1. The first-order chi connectivity index (χ1) is 14.5. The Hall–Kier alpha value is -3.19. The van der Waals surface area contributed by atoms with Gasteiger partial charge in [-0.05, 0) is 43.7 Å². The Morgan fingerprint density at radius 2 is 1.73 bits per heavy atom. The number of benzene rings is 1. The van der Waals surface area contributed by atoms with Gasteiger partial charge >= 0.3 is 0 Å². The molecule has 2 heterocycles. The van der Waals surface area contributed by atoms with E-state index in [2.05, 4.69) is 23.7 Å². The highest BCUT2D eigenvalue weighted by Crippen LogP contribution is 2.39. The van der Waals surface area contributed by atoms with Gasteiger partial charge in [0.05, 0.1) is 18.2 Å². The van der Waals surface area contributed by atoms with Crippen LogP contribution in [0.2, 0.25) is 0 Å². The summed E-state index contributed by atoms with van der Waals surface area (Å²) in [7, 11) is 1.54. The van der Waals surface area contributed by atoms with Gasteiger partial charge in [-0.3, -0.25) is 14.6 Å². The first-order valence-electron chi connectivity index (χ1n) is 10.1. The van der Waals surface area contributed by atoms with Crippen molar-refractivity contribution in [1.29, 1.82) is 0 Å². The van der Waals surface area contributed by atoms with Crippen molar-refractivity contribution >= 4 is 23.1 Å². The molecule has 1 aromatic carbocycles. The molecule has 0 radical (unpaired) electrons. The van der Waals surface area contributed by atoms with Crippen LogP contribution in [0, 0.1) is 0 Å². The molecular formula is C23H27N3O4. The van der Waals surface area contributed by atoms with Gasteiger partial charge in [-0.1, -0.05) is 12.1 Å². The van der Waals surface area contributed by atoms with Gasteiger partial charge in [0, 0.05) is 50.4 Å². The van der Waals surface area contributed by atoms with Crippen molar-refractivity contribution in [2.45, 2.75) is 19.9 Å². The van der Waals surface area contributed by atoms with E-state index in [0.29, 0.717) is 5.56 Å². The number of ketones is 1. The molecule has 1 saturated heterocycles. The number of carbonyl (C=O) groups excluding carboxylic acids is 2. The molecule has 3 rings (SSSR count). The predicted octanol–water partition coefficient (Wildman–Crippen LogP) is 3.00. The number of methoxy groups -OCH3 is 1. The van der Waals surface area contributed by atoms with E-state index in [-0.39, 0.29) is 24.5 Å². The maximum atomic E-state index is 12.9. The number of pyridine rings is 1. The molecule has 1 aliphatic heterocycles. The number of aliphatic hydroxyl groups is 1. The Kier molecular flexibility index (Phi) is 6.84. The average molecular weight is 409 g/mol. The molecule has 0 bridgehead atoms. The second kappa shape index (κ2) is 9.54. The van der Waals surface area contributed by atoms with E-state index in [1.165, 1.54) is 17.3 Å². The Morgan fingerprint density at radius 1 is 1.10 bits per heavy atom. The van der Waals surface area contributed by atoms with Gasteiger partial charge in [0.2, 0.25) is 0 Å². The van der Waals surface area contributed by atoms with Gasteiger partial charge in [0.15, 0.2) is 0 Å². The summed E-state index contributed by atoms with van der Waals surface area (Å²) >= 11 is 0. The van der Waals surface area contributed by atoms with Gasteiger partial charge in [-0.2, -0.15) is 0 Å². The number of aliphatic hydroxyl groups excluding tert-OH is 1. The van der Waals surface area contributed by atoms with Gasteiger partial charge in [0.1, 0.15) is 5.76 Å². The van der Waals surface area contributed by atoms with E-state index in [0.717, 1.165) is 24.3 Å². The molecule has 1 N–H and O–H groups in total. The van der Waals surface area contributed by atoms with E-state index >= 15 is 0 Å². The molecule has 1 aliphatic rings. The molecule has 0 spiro atoms. The normalized spacial score (nSPS) is 18.1. The number of nitrogens with zero attached hydrogens (tertiary/aromatic N) is 3. The maximum absolute atomic E-state index is 12.9. The molecule has 1 unspecified atom stereocenters. The van der Waals surface area contributed by atoms with Crippen LogP contribution in [0.25, 0.3) is 5.76 Å². The minimum atomic E-state index is -0.696. The van der Waals surface area contributed by atoms with E-state index in [9.17, 15) is 14.7 Å². The average Bonchev–Trinajstić information content (AvgIpc) is 3.04. The van der Waals surface area contributed by atoms with Gasteiger partial charge < -0.3 is 19.6 Å². The highest BCUT2D eigenvalue weighted by Gasteiger charge is 2.45. The van der Waals surface area contributed by atoms with Crippen LogP contribution >= 0.6 is 0 Å². The van der Waals surface area contributed by atoms with Crippen LogP contribution in [0.3, 0.4) is 0 Å². The highest BCUT2D eigenvalue weighted by atomic mass is 16.5. The molecule has 1 aromatic heterocycles. The molecule has 1 atom stereocenters. The first-order valence-corrected chi connectivity index (χ1v) is 10.1. The zero-order chi connectivity index (χ0) is 21.7. The third-order valence-electron chi connectivity index (χ3n) is 5.37. The number of amides is 1. The molecule has 7 nitrogen and oxygen atoms in total. The van der Waals surface area contributed by atoms with Gasteiger partial charge in [0.25, 0.3) is 11.7 Å². The number of rotatable bonds is 8. The van der Waals surface area contributed by atoms with Crippen LogP contribution < -0.4 is 4.90 Å². The molecule has 1 fully saturated rings. The van der Waals surface area contributed by atoms with Crippen molar-refractivity contribution in [3.05, 3.63) is 65.5 Å². The first kappa shape index (κ1) is 21.5. The number of anilines is 1. The van der Waals surface area contributed by atoms with Crippen LogP contribution in [-0.4, -0.2) is 60.0 Å². The summed E-state index contributed by atoms with van der Waals surface area (Å²) in [6.45, 7) is 6.47. The van der Waals surface area contributed by atoms with E-state index < -0.39 is 17.7 Å². The minimum absolute atomic E-state index is 0.0814. The molecule has 0 aliphatic carbocycles. The summed E-state index contributed by atoms with van der Waals surface area (Å²) in [5.74, 6) is -1.54. The number of Topliss-reactive ketones (excluding diaryl/α,β-unsaturated/α-hetero) is 1. The number of carbonyl (C=O) groups is 2. The quantitative estimate of drug-likeness (QED) is 0.410. The fourth-order valence-electron chi connectivity index (χ4n) is 3.77. The van der Waals surface area contributed by atoms with Gasteiger partial charge in [-0.25, -0.2) is 0 Å². The summed E-state index contributed by atoms with van der Waals surface area (Å²) in [4.78, 5) is 33.3. The number of hydrogen-bond acceptors (Lipinski definition) is 6. The molecule has 0 saturated carbocycles. The van der Waals surface area contributed by atoms with E-state index in [1.54, 1.807) is 19.2 Å². The van der Waals surface area contributed by atoms with Gasteiger partial charge in [-0.15, -0.1) is 0 Å². The summed E-state index contributed by atoms with van der Waals surface area (Å²) in [5, 5.41) is 10.9. The third-order valence-corrected chi connectivity index (χ3v) is 5.37. The number of likely N-dealkylation sites (tertiary alicyclic amines) is 1. The maximum Gasteiger partial charge on any atom is 0.295 e. The van der Waals surface area contributed by atoms with Crippen molar-refractivity contribution in [2.24, 2.45) is 0 Å². The topological polar surface area (TPSA) is 83.0 Å². The minimum Gasteiger partial charge on any atom is -0.507 e. The molecule has 30 heavy (non-hydrogen) atoms. The van der Waals surface area contributed by atoms with Crippen LogP contribution in [0.5, 0.6) is 0 Å². The monoisotopic (exact) mass is 409 g/mol. The van der Waals surface area contributed by atoms with Crippen molar-refractivity contribution in [1.82, 2.24) is 9.88 Å². The molecular weight excluding hydrogens is 382 g/mol.